The number of anilines is 1. The minimum atomic E-state index is -0.530. The van der Waals surface area contributed by atoms with Crippen molar-refractivity contribution in [3.8, 4) is 0 Å². The number of nitrogens with zero attached hydrogens (tertiary/aromatic N) is 2. The van der Waals surface area contributed by atoms with Crippen molar-refractivity contribution in [1.29, 1.82) is 0 Å². The van der Waals surface area contributed by atoms with Gasteiger partial charge >= 0.3 is 6.09 Å². The highest BCUT2D eigenvalue weighted by Crippen LogP contribution is 2.43. The Morgan fingerprint density at radius 3 is 2.77 bits per heavy atom. The van der Waals surface area contributed by atoms with Gasteiger partial charge in [-0.05, 0) is 46.0 Å². The van der Waals surface area contributed by atoms with E-state index in [2.05, 4.69) is 20.5 Å². The number of rotatable bonds is 7. The van der Waals surface area contributed by atoms with Gasteiger partial charge in [0.15, 0.2) is 5.13 Å². The highest BCUT2D eigenvalue weighted by Gasteiger charge is 2.46. The second-order valence-corrected chi connectivity index (χ2v) is 10.1. The number of carbonyl (C=O) groups excluding carboxylic acids is 2. The predicted octanol–water partition coefficient (Wildman–Crippen LogP) is 3.07. The average Bonchev–Trinajstić information content (AvgIpc) is 3.29. The summed E-state index contributed by atoms with van der Waals surface area (Å²) in [5.41, 5.74) is -0.530. The first kappa shape index (κ1) is 22.8. The molecule has 1 saturated heterocycles. The second kappa shape index (κ2) is 9.96. The molecule has 30 heavy (non-hydrogen) atoms. The van der Waals surface area contributed by atoms with Crippen LogP contribution in [-0.2, 0) is 20.8 Å². The maximum Gasteiger partial charge on any atom is 0.407 e. The maximum absolute atomic E-state index is 12.9. The van der Waals surface area contributed by atoms with Crippen molar-refractivity contribution in [2.75, 3.05) is 25.2 Å². The summed E-state index contributed by atoms with van der Waals surface area (Å²) in [5, 5.41) is 6.64. The van der Waals surface area contributed by atoms with Crippen molar-refractivity contribution in [1.82, 2.24) is 15.6 Å². The van der Waals surface area contributed by atoms with Gasteiger partial charge < -0.3 is 25.0 Å². The number of carbonyl (C=O) groups is 2. The standard InChI is InChI=1S/C21H34N4O4S/c1-21(2,3)29-20(27)24-13-15-12-23-19(30-15)25-16-8-6-5-7-14(16)11-17(25)18(26)22-9-10-28-4/h12,14,16-17H,5-11,13H2,1-4H3,(H,22,26)(H,24,27)/t14-,16-,17-/m0/s1. The van der Waals surface area contributed by atoms with Gasteiger partial charge in [0.2, 0.25) is 5.91 Å². The van der Waals surface area contributed by atoms with Gasteiger partial charge in [-0.25, -0.2) is 9.78 Å². The van der Waals surface area contributed by atoms with E-state index >= 15 is 0 Å². The smallest absolute Gasteiger partial charge is 0.407 e. The van der Waals surface area contributed by atoms with Crippen LogP contribution in [-0.4, -0.2) is 54.9 Å². The lowest BCUT2D eigenvalue weighted by molar-refractivity contribution is -0.122. The molecule has 1 saturated carbocycles. The minimum Gasteiger partial charge on any atom is -0.444 e. The van der Waals surface area contributed by atoms with Crippen molar-refractivity contribution in [3.05, 3.63) is 11.1 Å². The molecular weight excluding hydrogens is 404 g/mol. The molecule has 0 spiro atoms. The number of alkyl carbamates (subject to hydrolysis) is 1. The highest BCUT2D eigenvalue weighted by molar-refractivity contribution is 7.15. The summed E-state index contributed by atoms with van der Waals surface area (Å²) in [6, 6.07) is 0.155. The third-order valence-electron chi connectivity index (χ3n) is 5.56. The Balaban J connectivity index is 1.68. The molecule has 0 radical (unpaired) electrons. The van der Waals surface area contributed by atoms with Crippen molar-refractivity contribution in [2.24, 2.45) is 5.92 Å². The van der Waals surface area contributed by atoms with Crippen LogP contribution in [0.4, 0.5) is 9.93 Å². The molecule has 3 rings (SSSR count). The van der Waals surface area contributed by atoms with Crippen molar-refractivity contribution < 1.29 is 19.1 Å². The van der Waals surface area contributed by atoms with Crippen LogP contribution < -0.4 is 15.5 Å². The van der Waals surface area contributed by atoms with Crippen molar-refractivity contribution >= 4 is 28.5 Å². The molecule has 1 aromatic rings. The van der Waals surface area contributed by atoms with Crippen LogP contribution in [0.3, 0.4) is 0 Å². The van der Waals surface area contributed by atoms with Crippen LogP contribution >= 0.6 is 11.3 Å². The normalized spacial score (nSPS) is 23.7. The number of hydrogen-bond acceptors (Lipinski definition) is 7. The molecule has 1 aliphatic heterocycles. The first-order valence-electron chi connectivity index (χ1n) is 10.7. The van der Waals surface area contributed by atoms with Crippen molar-refractivity contribution in [2.45, 2.75) is 77.1 Å². The third-order valence-corrected chi connectivity index (χ3v) is 6.57. The number of fused-ring (bicyclic) bond motifs is 1. The van der Waals surface area contributed by atoms with Gasteiger partial charge in [-0.15, -0.1) is 11.3 Å². The topological polar surface area (TPSA) is 92.8 Å². The lowest BCUT2D eigenvalue weighted by Gasteiger charge is -2.33. The van der Waals surface area contributed by atoms with Crippen LogP contribution in [0, 0.1) is 5.92 Å². The van der Waals surface area contributed by atoms with Crippen LogP contribution in [0.1, 0.15) is 57.8 Å². The monoisotopic (exact) mass is 438 g/mol. The quantitative estimate of drug-likeness (QED) is 0.636. The fourth-order valence-electron chi connectivity index (χ4n) is 4.34. The van der Waals surface area contributed by atoms with Gasteiger partial charge in [-0.1, -0.05) is 12.8 Å². The Morgan fingerprint density at radius 1 is 1.27 bits per heavy atom. The zero-order valence-corrected chi connectivity index (χ0v) is 19.2. The number of methoxy groups -OCH3 is 1. The molecular formula is C21H34N4O4S. The van der Waals surface area contributed by atoms with Gasteiger partial charge in [0.25, 0.3) is 0 Å². The van der Waals surface area contributed by atoms with E-state index in [4.69, 9.17) is 9.47 Å². The number of hydrogen-bond donors (Lipinski definition) is 2. The van der Waals surface area contributed by atoms with Gasteiger partial charge in [-0.2, -0.15) is 0 Å². The minimum absolute atomic E-state index is 0.0464. The number of amides is 2. The molecule has 9 heteroatoms. The Labute approximate surface area is 182 Å². The average molecular weight is 439 g/mol. The van der Waals surface area contributed by atoms with Gasteiger partial charge in [0, 0.05) is 30.8 Å². The van der Waals surface area contributed by atoms with E-state index in [0.717, 1.165) is 22.9 Å². The number of aromatic nitrogens is 1. The third kappa shape index (κ3) is 5.85. The van der Waals surface area contributed by atoms with Gasteiger partial charge in [-0.3, -0.25) is 4.79 Å². The van der Waals surface area contributed by atoms with E-state index in [1.807, 2.05) is 20.8 Å². The highest BCUT2D eigenvalue weighted by atomic mass is 32.1. The number of nitrogens with one attached hydrogen (secondary N) is 2. The van der Waals surface area contributed by atoms with E-state index < -0.39 is 11.7 Å². The van der Waals surface area contributed by atoms with E-state index in [1.54, 1.807) is 13.3 Å². The molecule has 2 heterocycles. The van der Waals surface area contributed by atoms with Crippen LogP contribution in [0.25, 0.3) is 0 Å². The summed E-state index contributed by atoms with van der Waals surface area (Å²) >= 11 is 1.54. The zero-order valence-electron chi connectivity index (χ0n) is 18.4. The summed E-state index contributed by atoms with van der Waals surface area (Å²) in [6.07, 6.45) is 6.90. The number of thiazole rings is 1. The summed E-state index contributed by atoms with van der Waals surface area (Å²) in [7, 11) is 1.63. The molecule has 0 aromatic carbocycles. The van der Waals surface area contributed by atoms with E-state index in [1.165, 1.54) is 30.6 Å². The van der Waals surface area contributed by atoms with E-state index in [9.17, 15) is 9.59 Å². The molecule has 0 unspecified atom stereocenters. The summed E-state index contributed by atoms with van der Waals surface area (Å²) in [4.78, 5) is 32.6. The largest absolute Gasteiger partial charge is 0.444 e. The molecule has 3 atom stereocenters. The number of ether oxygens (including phenoxy) is 2. The first-order valence-corrected chi connectivity index (χ1v) is 11.6. The fraction of sp³-hybridized carbons (Fsp3) is 0.762. The van der Waals surface area contributed by atoms with Gasteiger partial charge in [0.05, 0.1) is 13.2 Å². The molecule has 1 aromatic heterocycles. The fourth-order valence-corrected chi connectivity index (χ4v) is 5.29. The summed E-state index contributed by atoms with van der Waals surface area (Å²) in [5.74, 6) is 0.578. The summed E-state index contributed by atoms with van der Waals surface area (Å²) in [6.45, 7) is 6.88. The Kier molecular flexibility index (Phi) is 7.57. The SMILES string of the molecule is COCCNC(=O)[C@@H]1C[C@@H]2CCCC[C@@H]2N1c1ncc(CNC(=O)OC(C)(C)C)s1. The molecule has 2 amide bonds. The van der Waals surface area contributed by atoms with E-state index in [-0.39, 0.29) is 11.9 Å². The lowest BCUT2D eigenvalue weighted by atomic mass is 9.85. The molecule has 0 bridgehead atoms. The Morgan fingerprint density at radius 2 is 2.03 bits per heavy atom. The molecule has 168 valence electrons. The Bertz CT molecular complexity index is 733. The lowest BCUT2D eigenvalue weighted by Crippen LogP contribution is -2.47. The van der Waals surface area contributed by atoms with Crippen molar-refractivity contribution in [3.63, 3.8) is 0 Å². The van der Waals surface area contributed by atoms with Crippen LogP contribution in [0.5, 0.6) is 0 Å². The van der Waals surface area contributed by atoms with E-state index in [0.29, 0.717) is 31.7 Å². The molecule has 2 aliphatic rings. The maximum atomic E-state index is 12.9. The van der Waals surface area contributed by atoms with Crippen LogP contribution in [0.15, 0.2) is 6.20 Å². The predicted molar refractivity (Wildman–Crippen MR) is 117 cm³/mol. The molecule has 1 aliphatic carbocycles. The second-order valence-electron chi connectivity index (χ2n) is 9.02. The van der Waals surface area contributed by atoms with Gasteiger partial charge in [0.1, 0.15) is 11.6 Å². The zero-order chi connectivity index (χ0) is 21.7. The first-order chi connectivity index (χ1) is 14.3. The van der Waals surface area contributed by atoms with Crippen LogP contribution in [0.2, 0.25) is 0 Å². The molecule has 2 fully saturated rings. The molecule has 8 nitrogen and oxygen atoms in total. The summed E-state index contributed by atoms with van der Waals surface area (Å²) < 4.78 is 10.3. The molecule has 2 N–H and O–H groups in total. The Hall–Kier alpha value is -1.87.